The summed E-state index contributed by atoms with van der Waals surface area (Å²) in [6.45, 7) is 1.19. The van der Waals surface area contributed by atoms with Gasteiger partial charge in [0, 0.05) is 11.4 Å². The lowest BCUT2D eigenvalue weighted by Gasteiger charge is -2.22. The van der Waals surface area contributed by atoms with E-state index in [-0.39, 0.29) is 12.0 Å². The molecule has 0 bridgehead atoms. The van der Waals surface area contributed by atoms with Crippen LogP contribution in [0.2, 0.25) is 5.02 Å². The van der Waals surface area contributed by atoms with Gasteiger partial charge in [0.05, 0.1) is 32.3 Å². The first-order chi connectivity index (χ1) is 12.6. The van der Waals surface area contributed by atoms with E-state index in [1.54, 1.807) is 25.6 Å². The number of thiophene rings is 1. The third kappa shape index (κ3) is 4.31. The first-order valence-corrected chi connectivity index (χ1v) is 9.73. The molecule has 0 saturated heterocycles. The van der Waals surface area contributed by atoms with Gasteiger partial charge in [-0.25, -0.2) is 0 Å². The van der Waals surface area contributed by atoms with Crippen LogP contribution in [0.15, 0.2) is 23.6 Å². The van der Waals surface area contributed by atoms with E-state index in [0.29, 0.717) is 42.5 Å². The Bertz CT molecular complexity index is 777. The molecule has 0 radical (unpaired) electrons. The average molecular weight is 396 g/mol. The van der Waals surface area contributed by atoms with Crippen LogP contribution < -0.4 is 14.8 Å². The number of nitrogens with one attached hydrogen (secondary N) is 1. The second kappa shape index (κ2) is 8.75. The Morgan fingerprint density at radius 3 is 3.00 bits per heavy atom. The van der Waals surface area contributed by atoms with Crippen LogP contribution in [0.4, 0.5) is 0 Å². The van der Waals surface area contributed by atoms with Gasteiger partial charge in [-0.2, -0.15) is 0 Å². The van der Waals surface area contributed by atoms with Crippen molar-refractivity contribution >= 4 is 28.8 Å². The Hall–Kier alpha value is -1.76. The molecule has 0 saturated carbocycles. The van der Waals surface area contributed by atoms with Crippen LogP contribution in [0.1, 0.15) is 28.5 Å². The van der Waals surface area contributed by atoms with Gasteiger partial charge in [-0.3, -0.25) is 4.79 Å². The van der Waals surface area contributed by atoms with Crippen LogP contribution in [-0.4, -0.2) is 33.3 Å². The fourth-order valence-electron chi connectivity index (χ4n) is 3.08. The fraction of sp³-hybridized carbons (Fsp3) is 0.421. The third-order valence-corrected chi connectivity index (χ3v) is 5.70. The number of hydrogen-bond donors (Lipinski definition) is 1. The molecule has 2 heterocycles. The van der Waals surface area contributed by atoms with Crippen molar-refractivity contribution in [3.05, 3.63) is 44.6 Å². The van der Waals surface area contributed by atoms with Crippen molar-refractivity contribution in [2.75, 3.05) is 27.4 Å². The molecule has 140 valence electrons. The van der Waals surface area contributed by atoms with Crippen molar-refractivity contribution in [2.45, 2.75) is 25.4 Å². The van der Waals surface area contributed by atoms with Gasteiger partial charge in [-0.1, -0.05) is 11.6 Å². The zero-order chi connectivity index (χ0) is 18.5. The number of hydrogen-bond acceptors (Lipinski definition) is 5. The largest absolute Gasteiger partial charge is 0.493 e. The maximum atomic E-state index is 12.3. The SMILES string of the molecule is COc1cc(CCNC(=O)CC2OCCc3ccsc32)cc(Cl)c1OC. The molecule has 1 aliphatic heterocycles. The number of halogens is 1. The lowest BCUT2D eigenvalue weighted by atomic mass is 10.1. The molecule has 0 aliphatic carbocycles. The van der Waals surface area contributed by atoms with E-state index in [0.717, 1.165) is 12.0 Å². The molecule has 0 fully saturated rings. The molecular weight excluding hydrogens is 374 g/mol. The number of benzene rings is 1. The average Bonchev–Trinajstić information content (AvgIpc) is 3.11. The number of carbonyl (C=O) groups is 1. The van der Waals surface area contributed by atoms with E-state index in [1.807, 2.05) is 12.1 Å². The summed E-state index contributed by atoms with van der Waals surface area (Å²) in [7, 11) is 3.12. The topological polar surface area (TPSA) is 56.8 Å². The molecule has 1 amide bonds. The summed E-state index contributed by atoms with van der Waals surface area (Å²) in [5.74, 6) is 1.09. The number of rotatable bonds is 7. The third-order valence-electron chi connectivity index (χ3n) is 4.36. The number of fused-ring (bicyclic) bond motifs is 1. The quantitative estimate of drug-likeness (QED) is 0.775. The van der Waals surface area contributed by atoms with Gasteiger partial charge >= 0.3 is 0 Å². The molecule has 3 rings (SSSR count). The summed E-state index contributed by atoms with van der Waals surface area (Å²) in [6.07, 6.45) is 1.80. The van der Waals surface area contributed by atoms with Crippen LogP contribution in [0.25, 0.3) is 0 Å². The highest BCUT2D eigenvalue weighted by atomic mass is 35.5. The number of ether oxygens (including phenoxy) is 3. The second-order valence-electron chi connectivity index (χ2n) is 6.04. The predicted molar refractivity (Wildman–Crippen MR) is 103 cm³/mol. The first-order valence-electron chi connectivity index (χ1n) is 8.47. The molecular formula is C19H22ClNO4S. The van der Waals surface area contributed by atoms with Gasteiger partial charge in [0.25, 0.3) is 0 Å². The Morgan fingerprint density at radius 1 is 1.38 bits per heavy atom. The zero-order valence-electron chi connectivity index (χ0n) is 14.8. The van der Waals surface area contributed by atoms with Crippen molar-refractivity contribution in [1.82, 2.24) is 5.32 Å². The van der Waals surface area contributed by atoms with E-state index in [2.05, 4.69) is 16.8 Å². The molecule has 0 spiro atoms. The molecule has 2 aromatic rings. The van der Waals surface area contributed by atoms with Crippen LogP contribution in [0.3, 0.4) is 0 Å². The van der Waals surface area contributed by atoms with Gasteiger partial charge in [0.1, 0.15) is 6.10 Å². The molecule has 1 atom stereocenters. The minimum absolute atomic E-state index is 0.0113. The maximum absolute atomic E-state index is 12.3. The van der Waals surface area contributed by atoms with Crippen LogP contribution >= 0.6 is 22.9 Å². The van der Waals surface area contributed by atoms with E-state index >= 15 is 0 Å². The highest BCUT2D eigenvalue weighted by molar-refractivity contribution is 7.10. The lowest BCUT2D eigenvalue weighted by molar-refractivity contribution is -0.124. The zero-order valence-corrected chi connectivity index (χ0v) is 16.4. The minimum Gasteiger partial charge on any atom is -0.493 e. The highest BCUT2D eigenvalue weighted by Crippen LogP contribution is 2.36. The predicted octanol–water partition coefficient (Wildman–Crippen LogP) is 3.78. The van der Waals surface area contributed by atoms with Crippen LogP contribution in [0, 0.1) is 0 Å². The number of carbonyl (C=O) groups excluding carboxylic acids is 1. The number of methoxy groups -OCH3 is 2. The highest BCUT2D eigenvalue weighted by Gasteiger charge is 2.24. The van der Waals surface area contributed by atoms with Gasteiger partial charge in [-0.15, -0.1) is 11.3 Å². The minimum atomic E-state index is -0.130. The van der Waals surface area contributed by atoms with Crippen LogP contribution in [0.5, 0.6) is 11.5 Å². The lowest BCUT2D eigenvalue weighted by Crippen LogP contribution is -2.28. The summed E-state index contributed by atoms with van der Waals surface area (Å²) >= 11 is 7.87. The summed E-state index contributed by atoms with van der Waals surface area (Å²) in [5.41, 5.74) is 2.28. The first kappa shape index (κ1) is 19.0. The molecule has 1 N–H and O–H groups in total. The normalized spacial score (nSPS) is 16.0. The Balaban J connectivity index is 1.53. The molecule has 1 aromatic carbocycles. The fourth-order valence-corrected chi connectivity index (χ4v) is 4.39. The number of amides is 1. The summed E-state index contributed by atoms with van der Waals surface area (Å²) < 4.78 is 16.3. The van der Waals surface area contributed by atoms with E-state index in [4.69, 9.17) is 25.8 Å². The molecule has 26 heavy (non-hydrogen) atoms. The molecule has 5 nitrogen and oxygen atoms in total. The van der Waals surface area contributed by atoms with Crippen molar-refractivity contribution in [3.8, 4) is 11.5 Å². The van der Waals surface area contributed by atoms with Crippen molar-refractivity contribution in [3.63, 3.8) is 0 Å². The van der Waals surface area contributed by atoms with Crippen LogP contribution in [-0.2, 0) is 22.4 Å². The second-order valence-corrected chi connectivity index (χ2v) is 7.39. The van der Waals surface area contributed by atoms with Crippen molar-refractivity contribution < 1.29 is 19.0 Å². The Kier molecular flexibility index (Phi) is 6.40. The Morgan fingerprint density at radius 2 is 2.23 bits per heavy atom. The van der Waals surface area contributed by atoms with Gasteiger partial charge in [0.15, 0.2) is 11.5 Å². The molecule has 7 heteroatoms. The summed E-state index contributed by atoms with van der Waals surface area (Å²) in [5, 5.41) is 5.51. The summed E-state index contributed by atoms with van der Waals surface area (Å²) in [6, 6.07) is 5.82. The van der Waals surface area contributed by atoms with E-state index in [1.165, 1.54) is 10.4 Å². The molecule has 1 aliphatic rings. The van der Waals surface area contributed by atoms with E-state index < -0.39 is 0 Å². The summed E-state index contributed by atoms with van der Waals surface area (Å²) in [4.78, 5) is 13.4. The van der Waals surface area contributed by atoms with E-state index in [9.17, 15) is 4.79 Å². The monoisotopic (exact) mass is 395 g/mol. The van der Waals surface area contributed by atoms with Gasteiger partial charge < -0.3 is 19.5 Å². The Labute approximate surface area is 162 Å². The smallest absolute Gasteiger partial charge is 0.223 e. The standard InChI is InChI=1S/C19H22ClNO4S/c1-23-15-10-12(9-14(20)18(15)24-2)3-6-21-17(22)11-16-19-13(4-7-25-16)5-8-26-19/h5,8-10,16H,3-4,6-7,11H2,1-2H3,(H,21,22). The maximum Gasteiger partial charge on any atom is 0.223 e. The van der Waals surface area contributed by atoms with Crippen molar-refractivity contribution in [1.29, 1.82) is 0 Å². The molecule has 1 aromatic heterocycles. The van der Waals surface area contributed by atoms with Gasteiger partial charge in [-0.05, 0) is 47.5 Å². The van der Waals surface area contributed by atoms with Crippen molar-refractivity contribution in [2.24, 2.45) is 0 Å². The molecule has 1 unspecified atom stereocenters. The van der Waals surface area contributed by atoms with Gasteiger partial charge in [0.2, 0.25) is 5.91 Å².